The van der Waals surface area contributed by atoms with E-state index in [4.69, 9.17) is 0 Å². The number of rotatable bonds is 5. The molecule has 3 aromatic heterocycles. The van der Waals surface area contributed by atoms with Crippen LogP contribution in [0.3, 0.4) is 0 Å². The number of hydrogen-bond acceptors (Lipinski definition) is 6. The van der Waals surface area contributed by atoms with E-state index in [0.29, 0.717) is 24.2 Å². The summed E-state index contributed by atoms with van der Waals surface area (Å²) in [7, 11) is 1.61. The molecule has 2 aliphatic rings. The van der Waals surface area contributed by atoms with E-state index < -0.39 is 0 Å². The van der Waals surface area contributed by atoms with E-state index in [1.54, 1.807) is 19.3 Å². The monoisotopic (exact) mass is 418 g/mol. The summed E-state index contributed by atoms with van der Waals surface area (Å²) in [6.07, 6.45) is 5.54. The van der Waals surface area contributed by atoms with Crippen molar-refractivity contribution >= 4 is 22.6 Å². The van der Waals surface area contributed by atoms with Gasteiger partial charge in [-0.15, -0.1) is 0 Å². The standard InChI is InChI=1S/C23H26N6O2/c1-3-15-7-20-21(27-22(15)30)6-14(9-25-20)11-28-12-18-8-17(28)13-29(18)16-4-5-19(26-10-16)23(31)24-2/h4-7,9-10,17-18H,3,8,11-13H2,1-2H3,(H,24,31)(H,27,30)/t17-,18-/m0/s1. The maximum Gasteiger partial charge on any atom is 0.269 e. The molecular weight excluding hydrogens is 392 g/mol. The molecule has 0 spiro atoms. The summed E-state index contributed by atoms with van der Waals surface area (Å²) >= 11 is 0. The van der Waals surface area contributed by atoms with E-state index in [-0.39, 0.29) is 11.5 Å². The minimum absolute atomic E-state index is 0.0270. The van der Waals surface area contributed by atoms with Gasteiger partial charge in [-0.3, -0.25) is 19.5 Å². The van der Waals surface area contributed by atoms with Crippen LogP contribution in [0.25, 0.3) is 11.0 Å². The van der Waals surface area contributed by atoms with E-state index in [1.165, 1.54) is 0 Å². The Balaban J connectivity index is 1.28. The van der Waals surface area contributed by atoms with E-state index in [2.05, 4.69) is 30.1 Å². The number of anilines is 1. The van der Waals surface area contributed by atoms with Crippen molar-refractivity contribution in [3.8, 4) is 0 Å². The average molecular weight is 419 g/mol. The number of nitrogens with one attached hydrogen (secondary N) is 2. The summed E-state index contributed by atoms with van der Waals surface area (Å²) < 4.78 is 0. The highest BCUT2D eigenvalue weighted by Crippen LogP contribution is 2.35. The summed E-state index contributed by atoms with van der Waals surface area (Å²) in [4.78, 5) is 40.6. The third-order valence-electron chi connectivity index (χ3n) is 6.49. The number of aryl methyl sites for hydroxylation is 1. The normalized spacial score (nSPS) is 20.5. The Morgan fingerprint density at radius 2 is 2.06 bits per heavy atom. The Kier molecular flexibility index (Phi) is 4.94. The van der Waals surface area contributed by atoms with Gasteiger partial charge in [-0.1, -0.05) is 6.92 Å². The van der Waals surface area contributed by atoms with Gasteiger partial charge in [0.25, 0.3) is 11.5 Å². The lowest BCUT2D eigenvalue weighted by atomic mass is 10.1. The molecule has 2 N–H and O–H groups in total. The number of hydrogen-bond donors (Lipinski definition) is 2. The molecule has 0 saturated carbocycles. The second-order valence-corrected chi connectivity index (χ2v) is 8.36. The lowest BCUT2D eigenvalue weighted by Crippen LogP contribution is -2.46. The topological polar surface area (TPSA) is 94.2 Å². The zero-order chi connectivity index (χ0) is 21.5. The van der Waals surface area contributed by atoms with Crippen molar-refractivity contribution in [2.24, 2.45) is 0 Å². The molecule has 0 radical (unpaired) electrons. The third kappa shape index (κ3) is 3.57. The molecule has 0 unspecified atom stereocenters. The van der Waals surface area contributed by atoms with Crippen LogP contribution in [0.1, 0.15) is 35.0 Å². The van der Waals surface area contributed by atoms with Crippen LogP contribution in [-0.2, 0) is 13.0 Å². The van der Waals surface area contributed by atoms with Crippen molar-refractivity contribution in [2.45, 2.75) is 38.4 Å². The quantitative estimate of drug-likeness (QED) is 0.655. The largest absolute Gasteiger partial charge is 0.364 e. The number of amides is 1. The fraction of sp³-hybridized carbons (Fsp3) is 0.391. The average Bonchev–Trinajstić information content (AvgIpc) is 3.38. The van der Waals surface area contributed by atoms with Gasteiger partial charge in [0.15, 0.2) is 0 Å². The Morgan fingerprint density at radius 3 is 2.74 bits per heavy atom. The fourth-order valence-electron chi connectivity index (χ4n) is 4.83. The van der Waals surface area contributed by atoms with Gasteiger partial charge in [0.05, 0.1) is 22.9 Å². The van der Waals surface area contributed by atoms with Crippen molar-refractivity contribution in [1.29, 1.82) is 0 Å². The summed E-state index contributed by atoms with van der Waals surface area (Å²) in [5, 5.41) is 2.60. The first-order chi connectivity index (χ1) is 15.1. The molecule has 0 aromatic carbocycles. The van der Waals surface area contributed by atoms with Gasteiger partial charge in [0.2, 0.25) is 0 Å². The number of fused-ring (bicyclic) bond motifs is 3. The first kappa shape index (κ1) is 19.7. The Bertz CT molecular complexity index is 1190. The maximum atomic E-state index is 12.1. The number of piperazine rings is 1. The Labute approximate surface area is 180 Å². The van der Waals surface area contributed by atoms with E-state index >= 15 is 0 Å². The predicted molar refractivity (Wildman–Crippen MR) is 119 cm³/mol. The van der Waals surface area contributed by atoms with Crippen molar-refractivity contribution < 1.29 is 4.79 Å². The highest BCUT2D eigenvalue weighted by molar-refractivity contribution is 5.92. The zero-order valence-electron chi connectivity index (χ0n) is 17.8. The first-order valence-corrected chi connectivity index (χ1v) is 10.8. The maximum absolute atomic E-state index is 12.1. The lowest BCUT2D eigenvalue weighted by Gasteiger charge is -2.35. The molecule has 2 bridgehead atoms. The number of pyridine rings is 3. The highest BCUT2D eigenvalue weighted by Gasteiger charge is 2.43. The number of carbonyl (C=O) groups excluding carboxylic acids is 1. The van der Waals surface area contributed by atoms with Crippen LogP contribution >= 0.6 is 0 Å². The molecule has 160 valence electrons. The predicted octanol–water partition coefficient (Wildman–Crippen LogP) is 1.70. The minimum Gasteiger partial charge on any atom is -0.364 e. The van der Waals surface area contributed by atoms with Gasteiger partial charge >= 0.3 is 0 Å². The second-order valence-electron chi connectivity index (χ2n) is 8.36. The molecule has 8 nitrogen and oxygen atoms in total. The summed E-state index contributed by atoms with van der Waals surface area (Å²) in [6.45, 7) is 4.72. The molecule has 0 aliphatic carbocycles. The van der Waals surface area contributed by atoms with Crippen LogP contribution in [0.15, 0.2) is 41.5 Å². The molecule has 5 heterocycles. The molecule has 2 aliphatic heterocycles. The third-order valence-corrected chi connectivity index (χ3v) is 6.49. The number of nitrogens with zero attached hydrogens (tertiary/aromatic N) is 4. The van der Waals surface area contributed by atoms with Crippen LogP contribution in [0.2, 0.25) is 0 Å². The highest BCUT2D eigenvalue weighted by atomic mass is 16.1. The molecule has 1 amide bonds. The summed E-state index contributed by atoms with van der Waals surface area (Å²) in [5.74, 6) is -0.170. The smallest absolute Gasteiger partial charge is 0.269 e. The molecule has 3 aromatic rings. The summed E-state index contributed by atoms with van der Waals surface area (Å²) in [5.41, 5.74) is 4.99. The van der Waals surface area contributed by atoms with Crippen molar-refractivity contribution in [3.05, 3.63) is 63.8 Å². The Morgan fingerprint density at radius 1 is 1.19 bits per heavy atom. The zero-order valence-corrected chi connectivity index (χ0v) is 17.8. The number of likely N-dealkylation sites (tertiary alicyclic amines) is 1. The van der Waals surface area contributed by atoms with E-state index in [0.717, 1.165) is 53.9 Å². The van der Waals surface area contributed by atoms with Gasteiger partial charge in [-0.25, -0.2) is 4.98 Å². The minimum atomic E-state index is -0.170. The molecule has 5 rings (SSSR count). The van der Waals surface area contributed by atoms with E-state index in [9.17, 15) is 9.59 Å². The van der Waals surface area contributed by atoms with Gasteiger partial charge in [-0.05, 0) is 42.7 Å². The van der Waals surface area contributed by atoms with Crippen LogP contribution < -0.4 is 15.8 Å². The Hall–Kier alpha value is -3.26. The second kappa shape index (κ2) is 7.77. The van der Waals surface area contributed by atoms with Crippen LogP contribution in [0.5, 0.6) is 0 Å². The molecular formula is C23H26N6O2. The SMILES string of the molecule is CCc1cc2ncc(CN3C[C@@H]4C[C@H]3CN4c3ccc(C(=O)NC)nc3)cc2[nH]c1=O. The van der Waals surface area contributed by atoms with Gasteiger partial charge in [0.1, 0.15) is 5.69 Å². The number of aromatic amines is 1. The molecule has 31 heavy (non-hydrogen) atoms. The van der Waals surface area contributed by atoms with Gasteiger partial charge in [0, 0.05) is 50.5 Å². The number of H-pyrrole nitrogens is 1. The number of aromatic nitrogens is 3. The van der Waals surface area contributed by atoms with Crippen molar-refractivity contribution in [1.82, 2.24) is 25.2 Å². The molecule has 2 atom stereocenters. The fourth-order valence-corrected chi connectivity index (χ4v) is 4.83. The number of carbonyl (C=O) groups is 1. The summed E-state index contributed by atoms with van der Waals surface area (Å²) in [6, 6.07) is 8.62. The first-order valence-electron chi connectivity index (χ1n) is 10.8. The van der Waals surface area contributed by atoms with Crippen molar-refractivity contribution in [2.75, 3.05) is 25.0 Å². The van der Waals surface area contributed by atoms with Crippen LogP contribution in [0, 0.1) is 0 Å². The van der Waals surface area contributed by atoms with Crippen LogP contribution in [0.4, 0.5) is 5.69 Å². The van der Waals surface area contributed by atoms with Crippen molar-refractivity contribution in [3.63, 3.8) is 0 Å². The molecule has 8 heteroatoms. The van der Waals surface area contributed by atoms with Gasteiger partial charge in [-0.2, -0.15) is 0 Å². The lowest BCUT2D eigenvalue weighted by molar-refractivity contribution is 0.0958. The van der Waals surface area contributed by atoms with Crippen LogP contribution in [-0.4, -0.2) is 58.0 Å². The molecule has 2 fully saturated rings. The van der Waals surface area contributed by atoms with E-state index in [1.807, 2.05) is 31.3 Å². The van der Waals surface area contributed by atoms with Gasteiger partial charge < -0.3 is 15.2 Å². The molecule has 2 saturated heterocycles.